The van der Waals surface area contributed by atoms with Crippen LogP contribution in [0.2, 0.25) is 0 Å². The number of aliphatic hydroxyl groups is 1. The fourth-order valence-electron chi connectivity index (χ4n) is 1.93. The lowest BCUT2D eigenvalue weighted by Crippen LogP contribution is -2.34. The summed E-state index contributed by atoms with van der Waals surface area (Å²) in [5.74, 6) is -0.505. The van der Waals surface area contributed by atoms with E-state index < -0.39 is 21.4 Å². The first-order valence-corrected chi connectivity index (χ1v) is 7.63. The van der Waals surface area contributed by atoms with Crippen LogP contribution >= 0.6 is 15.9 Å². The van der Waals surface area contributed by atoms with Gasteiger partial charge in [-0.05, 0) is 47.5 Å². The topological polar surface area (TPSA) is 57.6 Å². The van der Waals surface area contributed by atoms with Crippen molar-refractivity contribution in [1.29, 1.82) is 0 Å². The Morgan fingerprint density at radius 3 is 2.67 bits per heavy atom. The molecular formula is C11H13BrFNO3S. The first-order valence-electron chi connectivity index (χ1n) is 5.40. The summed E-state index contributed by atoms with van der Waals surface area (Å²) in [5, 5.41) is 9.81. The molecule has 0 saturated carbocycles. The van der Waals surface area contributed by atoms with Crippen molar-refractivity contribution in [3.63, 3.8) is 0 Å². The van der Waals surface area contributed by atoms with Gasteiger partial charge in [0.25, 0.3) is 0 Å². The average molecular weight is 338 g/mol. The lowest BCUT2D eigenvalue weighted by molar-refractivity contribution is 0.0762. The fourth-order valence-corrected chi connectivity index (χ4v) is 4.50. The molecule has 0 aromatic heterocycles. The number of benzene rings is 1. The van der Waals surface area contributed by atoms with Gasteiger partial charge < -0.3 is 5.11 Å². The van der Waals surface area contributed by atoms with Crippen LogP contribution in [0.5, 0.6) is 0 Å². The van der Waals surface area contributed by atoms with E-state index in [1.54, 1.807) is 6.92 Å². The van der Waals surface area contributed by atoms with Crippen molar-refractivity contribution in [2.24, 2.45) is 0 Å². The molecule has 18 heavy (non-hydrogen) atoms. The van der Waals surface area contributed by atoms with Gasteiger partial charge in [-0.25, -0.2) is 12.8 Å². The summed E-state index contributed by atoms with van der Waals surface area (Å²) in [7, 11) is -3.70. The Hall–Kier alpha value is -0.500. The molecule has 1 saturated heterocycles. The number of hydrogen-bond donors (Lipinski definition) is 1. The van der Waals surface area contributed by atoms with E-state index in [0.29, 0.717) is 6.42 Å². The Morgan fingerprint density at radius 1 is 1.50 bits per heavy atom. The maximum absolute atomic E-state index is 13.0. The van der Waals surface area contributed by atoms with E-state index in [4.69, 9.17) is 0 Å². The molecule has 7 heteroatoms. The number of hydrogen-bond acceptors (Lipinski definition) is 3. The second-order valence-corrected chi connectivity index (χ2v) is 7.42. The molecule has 1 aromatic carbocycles. The maximum atomic E-state index is 13.0. The van der Waals surface area contributed by atoms with Crippen LogP contribution in [0.15, 0.2) is 27.6 Å². The molecule has 2 rings (SSSR count). The van der Waals surface area contributed by atoms with Gasteiger partial charge in [-0.15, -0.1) is 0 Å². The lowest BCUT2D eigenvalue weighted by atomic mass is 10.1. The molecule has 0 bridgehead atoms. The zero-order valence-corrected chi connectivity index (χ0v) is 12.1. The SMILES string of the molecule is CC1(O)CCN(S(=O)(=O)c2ccc(F)cc2Br)C1. The van der Waals surface area contributed by atoms with Crippen LogP contribution in [0, 0.1) is 5.82 Å². The van der Waals surface area contributed by atoms with Crippen molar-refractivity contribution in [1.82, 2.24) is 4.31 Å². The Balaban J connectivity index is 2.38. The molecule has 0 aliphatic carbocycles. The highest BCUT2D eigenvalue weighted by atomic mass is 79.9. The van der Waals surface area contributed by atoms with Crippen LogP contribution in [-0.4, -0.2) is 36.5 Å². The Morgan fingerprint density at radius 2 is 2.17 bits per heavy atom. The van der Waals surface area contributed by atoms with Crippen molar-refractivity contribution in [3.8, 4) is 0 Å². The summed E-state index contributed by atoms with van der Waals surface area (Å²) in [6.45, 7) is 1.92. The summed E-state index contributed by atoms with van der Waals surface area (Å²) in [6.07, 6.45) is 0.394. The molecule has 1 fully saturated rings. The second kappa shape index (κ2) is 4.56. The summed E-state index contributed by atoms with van der Waals surface area (Å²) in [5.41, 5.74) is -1.00. The highest BCUT2D eigenvalue weighted by Gasteiger charge is 2.39. The summed E-state index contributed by atoms with van der Waals surface area (Å²) in [6, 6.07) is 3.44. The predicted octanol–water partition coefficient (Wildman–Crippen LogP) is 1.73. The third-order valence-electron chi connectivity index (χ3n) is 2.93. The number of sulfonamides is 1. The van der Waals surface area contributed by atoms with Gasteiger partial charge in [0.15, 0.2) is 0 Å². The third-order valence-corrected chi connectivity index (χ3v) is 5.75. The van der Waals surface area contributed by atoms with Crippen molar-refractivity contribution in [2.75, 3.05) is 13.1 Å². The summed E-state index contributed by atoms with van der Waals surface area (Å²) >= 11 is 3.05. The Labute approximate surface area is 114 Å². The standard InChI is InChI=1S/C11H13BrFNO3S/c1-11(15)4-5-14(7-11)18(16,17)10-3-2-8(13)6-9(10)12/h2-3,6,15H,4-5,7H2,1H3. The monoisotopic (exact) mass is 337 g/mol. The third kappa shape index (κ3) is 2.59. The summed E-state index contributed by atoms with van der Waals surface area (Å²) in [4.78, 5) is 0.0154. The van der Waals surface area contributed by atoms with E-state index in [9.17, 15) is 17.9 Å². The molecule has 4 nitrogen and oxygen atoms in total. The molecule has 1 N–H and O–H groups in total. The van der Waals surface area contributed by atoms with E-state index in [0.717, 1.165) is 12.1 Å². The Kier molecular flexibility index (Phi) is 3.52. The minimum absolute atomic E-state index is 0.0154. The van der Waals surface area contributed by atoms with Crippen molar-refractivity contribution in [2.45, 2.75) is 23.8 Å². The molecule has 1 aromatic rings. The molecule has 0 amide bonds. The smallest absolute Gasteiger partial charge is 0.244 e. The Bertz CT molecular complexity index is 574. The van der Waals surface area contributed by atoms with E-state index in [2.05, 4.69) is 15.9 Å². The van der Waals surface area contributed by atoms with Gasteiger partial charge in [0, 0.05) is 17.6 Å². The minimum Gasteiger partial charge on any atom is -0.389 e. The zero-order chi connectivity index (χ0) is 13.6. The molecule has 100 valence electrons. The van der Waals surface area contributed by atoms with Crippen LogP contribution < -0.4 is 0 Å². The zero-order valence-electron chi connectivity index (χ0n) is 9.73. The van der Waals surface area contributed by atoms with E-state index in [1.165, 1.54) is 10.4 Å². The lowest BCUT2D eigenvalue weighted by Gasteiger charge is -2.19. The molecule has 1 unspecified atom stereocenters. The van der Waals surface area contributed by atoms with Gasteiger partial charge in [-0.1, -0.05) is 0 Å². The first-order chi connectivity index (χ1) is 8.22. The normalized spacial score (nSPS) is 25.6. The van der Waals surface area contributed by atoms with Gasteiger partial charge in [0.05, 0.1) is 10.5 Å². The molecule has 0 spiro atoms. The molecular weight excluding hydrogens is 325 g/mol. The van der Waals surface area contributed by atoms with E-state index >= 15 is 0 Å². The molecule has 0 radical (unpaired) electrons. The molecule has 1 atom stereocenters. The van der Waals surface area contributed by atoms with Gasteiger partial charge >= 0.3 is 0 Å². The van der Waals surface area contributed by atoms with E-state index in [-0.39, 0.29) is 22.5 Å². The number of halogens is 2. The fraction of sp³-hybridized carbons (Fsp3) is 0.455. The number of rotatable bonds is 2. The highest BCUT2D eigenvalue weighted by Crippen LogP contribution is 2.30. The summed E-state index contributed by atoms with van der Waals surface area (Å²) < 4.78 is 39.0. The minimum atomic E-state index is -3.70. The highest BCUT2D eigenvalue weighted by molar-refractivity contribution is 9.10. The van der Waals surface area contributed by atoms with Crippen molar-refractivity contribution in [3.05, 3.63) is 28.5 Å². The van der Waals surface area contributed by atoms with Gasteiger partial charge in [0.1, 0.15) is 5.82 Å². The van der Waals surface area contributed by atoms with Crippen molar-refractivity contribution < 1.29 is 17.9 Å². The number of β-amino-alcohol motifs (C(OH)–C–C–N with tert-alkyl or cyclic N) is 1. The van der Waals surface area contributed by atoms with Gasteiger partial charge in [-0.2, -0.15) is 4.31 Å². The second-order valence-electron chi connectivity index (χ2n) is 4.66. The maximum Gasteiger partial charge on any atom is 0.244 e. The van der Waals surface area contributed by atoms with Crippen molar-refractivity contribution >= 4 is 26.0 Å². The molecule has 1 heterocycles. The van der Waals surface area contributed by atoms with Gasteiger partial charge in [0.2, 0.25) is 10.0 Å². The average Bonchev–Trinajstić information content (AvgIpc) is 2.58. The van der Waals surface area contributed by atoms with Crippen LogP contribution in [-0.2, 0) is 10.0 Å². The van der Waals surface area contributed by atoms with Crippen LogP contribution in [0.4, 0.5) is 4.39 Å². The first kappa shape index (κ1) is 13.9. The molecule has 1 aliphatic heterocycles. The largest absolute Gasteiger partial charge is 0.389 e. The van der Waals surface area contributed by atoms with Gasteiger partial charge in [-0.3, -0.25) is 0 Å². The van der Waals surface area contributed by atoms with Crippen LogP contribution in [0.25, 0.3) is 0 Å². The number of nitrogens with zero attached hydrogens (tertiary/aromatic N) is 1. The predicted molar refractivity (Wildman–Crippen MR) is 68.1 cm³/mol. The van der Waals surface area contributed by atoms with Crippen LogP contribution in [0.1, 0.15) is 13.3 Å². The molecule has 1 aliphatic rings. The quantitative estimate of drug-likeness (QED) is 0.894. The van der Waals surface area contributed by atoms with Crippen LogP contribution in [0.3, 0.4) is 0 Å². The van der Waals surface area contributed by atoms with E-state index in [1.807, 2.05) is 0 Å².